The van der Waals surface area contributed by atoms with E-state index >= 15 is 0 Å². The zero-order valence-electron chi connectivity index (χ0n) is 15.3. The van der Waals surface area contributed by atoms with Crippen LogP contribution >= 0.6 is 11.6 Å². The number of rotatable bonds is 7. The molecule has 0 saturated heterocycles. The molecule has 0 atom stereocenters. The third-order valence-corrected chi connectivity index (χ3v) is 4.10. The number of carbonyl (C=O) groups excluding carboxylic acids is 1. The number of nitrogens with zero attached hydrogens (tertiary/aromatic N) is 3. The average Bonchev–Trinajstić information content (AvgIpc) is 2.62. The lowest BCUT2D eigenvalue weighted by Gasteiger charge is -2.10. The molecule has 1 aromatic heterocycles. The minimum atomic E-state index is -1.01. The topological polar surface area (TPSA) is 113 Å². The lowest BCUT2D eigenvalue weighted by atomic mass is 10.2. The van der Waals surface area contributed by atoms with Gasteiger partial charge in [-0.2, -0.15) is 0 Å². The van der Waals surface area contributed by atoms with Crippen molar-refractivity contribution in [2.45, 2.75) is 19.9 Å². The molecule has 0 bridgehead atoms. The number of esters is 1. The van der Waals surface area contributed by atoms with Gasteiger partial charge in [0.25, 0.3) is 0 Å². The highest BCUT2D eigenvalue weighted by Crippen LogP contribution is 2.17. The van der Waals surface area contributed by atoms with Gasteiger partial charge in [0.1, 0.15) is 5.69 Å². The molecular weight excluding hydrogens is 390 g/mol. The monoisotopic (exact) mass is 407 g/mol. The Kier molecular flexibility index (Phi) is 6.89. The molecule has 0 fully saturated rings. The third-order valence-electron chi connectivity index (χ3n) is 3.87. The molecule has 0 aliphatic rings. The molecule has 0 saturated carbocycles. The lowest BCUT2D eigenvalue weighted by Crippen LogP contribution is -2.41. The van der Waals surface area contributed by atoms with Gasteiger partial charge in [-0.25, -0.2) is 4.79 Å². The molecule has 0 radical (unpaired) electrons. The van der Waals surface area contributed by atoms with E-state index in [2.05, 4.69) is 0 Å². The van der Waals surface area contributed by atoms with Gasteiger partial charge >= 0.3 is 22.9 Å². The second-order valence-electron chi connectivity index (χ2n) is 5.87. The molecule has 1 heterocycles. The fourth-order valence-corrected chi connectivity index (χ4v) is 2.75. The van der Waals surface area contributed by atoms with E-state index in [1.54, 1.807) is 24.3 Å². The summed E-state index contributed by atoms with van der Waals surface area (Å²) in [7, 11) is 1.34. The number of aromatic nitrogens is 2. The molecule has 9 nitrogen and oxygen atoms in total. The molecular formula is C18H18ClN3O6. The van der Waals surface area contributed by atoms with Crippen LogP contribution in [0.1, 0.15) is 24.6 Å². The Morgan fingerprint density at radius 2 is 2.04 bits per heavy atom. The van der Waals surface area contributed by atoms with Gasteiger partial charge in [-0.05, 0) is 30.2 Å². The molecule has 28 heavy (non-hydrogen) atoms. The minimum absolute atomic E-state index is 0.00482. The maximum atomic E-state index is 12.5. The molecule has 0 unspecified atom stereocenters. The Bertz CT molecular complexity index is 1050. The van der Waals surface area contributed by atoms with Crippen LogP contribution in [0.25, 0.3) is 12.2 Å². The fourth-order valence-electron chi connectivity index (χ4n) is 2.55. The van der Waals surface area contributed by atoms with Gasteiger partial charge in [0, 0.05) is 25.5 Å². The van der Waals surface area contributed by atoms with E-state index in [1.807, 2.05) is 0 Å². The number of halogens is 1. The van der Waals surface area contributed by atoms with Crippen LogP contribution in [0.2, 0.25) is 5.02 Å². The first-order valence-corrected chi connectivity index (χ1v) is 8.65. The Morgan fingerprint density at radius 3 is 2.64 bits per heavy atom. The Morgan fingerprint density at radius 1 is 1.32 bits per heavy atom. The molecule has 0 amide bonds. The first-order chi connectivity index (χ1) is 13.2. The number of ether oxygens (including phenoxy) is 1. The Hall–Kier alpha value is -3.20. The van der Waals surface area contributed by atoms with Gasteiger partial charge in [-0.1, -0.05) is 29.8 Å². The van der Waals surface area contributed by atoms with E-state index in [1.165, 1.54) is 26.1 Å². The first-order valence-electron chi connectivity index (χ1n) is 8.27. The van der Waals surface area contributed by atoms with Gasteiger partial charge in [0.05, 0.1) is 11.5 Å². The second-order valence-corrected chi connectivity index (χ2v) is 6.31. The molecule has 0 spiro atoms. The molecule has 0 aliphatic heterocycles. The van der Waals surface area contributed by atoms with Crippen molar-refractivity contribution >= 4 is 35.4 Å². The third kappa shape index (κ3) is 4.95. The summed E-state index contributed by atoms with van der Waals surface area (Å²) in [5, 5.41) is 12.0. The molecule has 0 aliphatic carbocycles. The summed E-state index contributed by atoms with van der Waals surface area (Å²) >= 11 is 5.91. The number of carbonyl (C=O) groups is 1. The van der Waals surface area contributed by atoms with Crippen LogP contribution in [0.3, 0.4) is 0 Å². The average molecular weight is 408 g/mol. The van der Waals surface area contributed by atoms with Crippen molar-refractivity contribution in [2.75, 3.05) is 6.61 Å². The highest BCUT2D eigenvalue weighted by atomic mass is 35.5. The summed E-state index contributed by atoms with van der Waals surface area (Å²) in [6.45, 7) is 1.12. The summed E-state index contributed by atoms with van der Waals surface area (Å²) < 4.78 is 6.55. The summed E-state index contributed by atoms with van der Waals surface area (Å²) in [5.41, 5.74) is -1.91. The van der Waals surface area contributed by atoms with E-state index in [4.69, 9.17) is 16.3 Å². The summed E-state index contributed by atoms with van der Waals surface area (Å²) in [4.78, 5) is 46.5. The van der Waals surface area contributed by atoms with Crippen LogP contribution in [-0.4, -0.2) is 26.6 Å². The summed E-state index contributed by atoms with van der Waals surface area (Å²) in [6, 6.07) is 6.74. The highest BCUT2D eigenvalue weighted by Gasteiger charge is 2.24. The zero-order valence-corrected chi connectivity index (χ0v) is 16.0. The van der Waals surface area contributed by atoms with E-state index in [0.717, 1.165) is 9.13 Å². The van der Waals surface area contributed by atoms with Gasteiger partial charge in [0.15, 0.2) is 0 Å². The number of hydrogen-bond donors (Lipinski definition) is 0. The predicted octanol–water partition coefficient (Wildman–Crippen LogP) is 2.23. The van der Waals surface area contributed by atoms with Gasteiger partial charge < -0.3 is 4.74 Å². The van der Waals surface area contributed by atoms with Crippen LogP contribution < -0.4 is 11.2 Å². The van der Waals surface area contributed by atoms with E-state index < -0.39 is 27.8 Å². The first kappa shape index (κ1) is 21.1. The molecule has 148 valence electrons. The van der Waals surface area contributed by atoms with Crippen molar-refractivity contribution in [3.05, 3.63) is 71.5 Å². The van der Waals surface area contributed by atoms with E-state index in [9.17, 15) is 24.5 Å². The van der Waals surface area contributed by atoms with Gasteiger partial charge in [0.2, 0.25) is 0 Å². The summed E-state index contributed by atoms with van der Waals surface area (Å²) in [6.07, 6.45) is 3.03. The van der Waals surface area contributed by atoms with E-state index in [-0.39, 0.29) is 25.3 Å². The second kappa shape index (κ2) is 9.14. The standard InChI is InChI=1S/C18H18ClN3O6/c1-12(23)28-10-4-9-21-17(24)16(22(26)27)15(20(2)18(21)25)8-7-13-5-3-6-14(19)11-13/h3,5-8,11H,4,9-10H2,1-2H3. The fraction of sp³-hybridized carbons (Fsp3) is 0.278. The van der Waals surface area contributed by atoms with Crippen molar-refractivity contribution in [3.8, 4) is 0 Å². The Labute approximate surface area is 164 Å². The van der Waals surface area contributed by atoms with Crippen LogP contribution in [0, 0.1) is 10.1 Å². The van der Waals surface area contributed by atoms with Crippen LogP contribution in [0.4, 0.5) is 5.69 Å². The quantitative estimate of drug-likeness (QED) is 0.301. The van der Waals surface area contributed by atoms with Crippen molar-refractivity contribution in [1.82, 2.24) is 9.13 Å². The highest BCUT2D eigenvalue weighted by molar-refractivity contribution is 6.30. The predicted molar refractivity (Wildman–Crippen MR) is 104 cm³/mol. The molecule has 2 aromatic rings. The largest absolute Gasteiger partial charge is 0.466 e. The van der Waals surface area contributed by atoms with Crippen LogP contribution in [0.15, 0.2) is 33.9 Å². The van der Waals surface area contributed by atoms with Crippen LogP contribution in [-0.2, 0) is 23.1 Å². The van der Waals surface area contributed by atoms with Crippen molar-refractivity contribution in [3.63, 3.8) is 0 Å². The number of benzene rings is 1. The molecule has 0 N–H and O–H groups in total. The lowest BCUT2D eigenvalue weighted by molar-refractivity contribution is -0.387. The number of hydrogen-bond acceptors (Lipinski definition) is 6. The van der Waals surface area contributed by atoms with Crippen molar-refractivity contribution in [2.24, 2.45) is 7.05 Å². The Balaban J connectivity index is 2.47. The smallest absolute Gasteiger partial charge is 0.357 e. The molecule has 1 aromatic carbocycles. The maximum Gasteiger partial charge on any atom is 0.357 e. The van der Waals surface area contributed by atoms with Gasteiger partial charge in [-0.15, -0.1) is 0 Å². The van der Waals surface area contributed by atoms with E-state index in [0.29, 0.717) is 10.6 Å². The van der Waals surface area contributed by atoms with Gasteiger partial charge in [-0.3, -0.25) is 28.8 Å². The normalized spacial score (nSPS) is 11.0. The summed E-state index contributed by atoms with van der Waals surface area (Å²) in [5.74, 6) is -0.493. The minimum Gasteiger partial charge on any atom is -0.466 e. The van der Waals surface area contributed by atoms with Crippen molar-refractivity contribution in [1.29, 1.82) is 0 Å². The van der Waals surface area contributed by atoms with Crippen molar-refractivity contribution < 1.29 is 14.5 Å². The SMILES string of the molecule is CC(=O)OCCCn1c(=O)c([N+](=O)[O-])c(C=Cc2cccc(Cl)c2)n(C)c1=O. The number of nitro groups is 1. The molecule has 2 rings (SSSR count). The molecule has 10 heteroatoms. The maximum absolute atomic E-state index is 12.5. The van der Waals surface area contributed by atoms with Crippen LogP contribution in [0.5, 0.6) is 0 Å². The zero-order chi connectivity index (χ0) is 20.8.